The van der Waals surface area contributed by atoms with Gasteiger partial charge >= 0.3 is 0 Å². The van der Waals surface area contributed by atoms with Gasteiger partial charge in [-0.25, -0.2) is 9.97 Å². The minimum Gasteiger partial charge on any atom is -0.336 e. The number of aromatic nitrogens is 2. The number of anilines is 3. The maximum Gasteiger partial charge on any atom is 0.178 e. The highest BCUT2D eigenvalue weighted by Crippen LogP contribution is 2.39. The van der Waals surface area contributed by atoms with Gasteiger partial charge in [0.15, 0.2) is 11.6 Å². The lowest BCUT2D eigenvalue weighted by atomic mass is 10.3. The van der Waals surface area contributed by atoms with E-state index in [0.29, 0.717) is 0 Å². The van der Waals surface area contributed by atoms with Crippen LogP contribution in [0.5, 0.6) is 0 Å². The van der Waals surface area contributed by atoms with Crippen molar-refractivity contribution in [3.05, 3.63) is 42.7 Å². The van der Waals surface area contributed by atoms with Crippen LogP contribution < -0.4 is 9.80 Å². The first-order valence-corrected chi connectivity index (χ1v) is 5.67. The molecule has 0 saturated heterocycles. The minimum atomic E-state index is 0.231. The SMILES string of the molecule is CC1N(C)c2nccnc2N1c1ccccc1. The summed E-state index contributed by atoms with van der Waals surface area (Å²) < 4.78 is 0. The van der Waals surface area contributed by atoms with Gasteiger partial charge in [-0.3, -0.25) is 0 Å². The Morgan fingerprint density at radius 2 is 1.65 bits per heavy atom. The Labute approximate surface area is 101 Å². The summed E-state index contributed by atoms with van der Waals surface area (Å²) in [7, 11) is 2.04. The molecule has 17 heavy (non-hydrogen) atoms. The molecular weight excluding hydrogens is 212 g/mol. The van der Waals surface area contributed by atoms with Crippen molar-refractivity contribution in [2.24, 2.45) is 0 Å². The summed E-state index contributed by atoms with van der Waals surface area (Å²) in [4.78, 5) is 13.2. The highest BCUT2D eigenvalue weighted by atomic mass is 15.4. The van der Waals surface area contributed by atoms with Crippen molar-refractivity contribution in [3.8, 4) is 0 Å². The fraction of sp³-hybridized carbons (Fsp3) is 0.231. The topological polar surface area (TPSA) is 32.3 Å². The third-order valence-corrected chi connectivity index (χ3v) is 3.19. The second-order valence-electron chi connectivity index (χ2n) is 4.15. The molecule has 3 rings (SSSR count). The molecule has 0 amide bonds. The number of hydrogen-bond donors (Lipinski definition) is 0. The monoisotopic (exact) mass is 226 g/mol. The number of nitrogens with zero attached hydrogens (tertiary/aromatic N) is 4. The first-order chi connectivity index (χ1) is 8.29. The van der Waals surface area contributed by atoms with Crippen molar-refractivity contribution in [2.45, 2.75) is 13.1 Å². The van der Waals surface area contributed by atoms with E-state index in [0.717, 1.165) is 17.3 Å². The standard InChI is InChI=1S/C13H14N4/c1-10-16(2)12-13(15-9-8-14-12)17(10)11-6-4-3-5-7-11/h3-10H,1-2H3. The van der Waals surface area contributed by atoms with Crippen molar-refractivity contribution in [1.29, 1.82) is 0 Å². The molecule has 0 bridgehead atoms. The van der Waals surface area contributed by atoms with Gasteiger partial charge in [0.05, 0.1) is 0 Å². The van der Waals surface area contributed by atoms with Gasteiger partial charge in [0, 0.05) is 25.1 Å². The molecule has 0 radical (unpaired) electrons. The molecule has 0 N–H and O–H groups in total. The van der Waals surface area contributed by atoms with Crippen molar-refractivity contribution in [3.63, 3.8) is 0 Å². The molecule has 1 aliphatic heterocycles. The number of benzene rings is 1. The van der Waals surface area contributed by atoms with Crippen LogP contribution in [0.3, 0.4) is 0 Å². The predicted octanol–water partition coefficient (Wildman–Crippen LogP) is 2.41. The summed E-state index contributed by atoms with van der Waals surface area (Å²) >= 11 is 0. The Kier molecular flexibility index (Phi) is 2.21. The summed E-state index contributed by atoms with van der Waals surface area (Å²) in [5.41, 5.74) is 1.14. The van der Waals surface area contributed by atoms with Gasteiger partial charge in [0.25, 0.3) is 0 Å². The van der Waals surface area contributed by atoms with Gasteiger partial charge in [-0.05, 0) is 19.1 Å². The van der Waals surface area contributed by atoms with E-state index in [1.807, 2.05) is 25.2 Å². The molecule has 4 nitrogen and oxygen atoms in total. The molecule has 1 aliphatic rings. The molecule has 0 spiro atoms. The maximum atomic E-state index is 4.44. The molecule has 2 heterocycles. The Hall–Kier alpha value is -2.10. The molecule has 4 heteroatoms. The number of para-hydroxylation sites is 1. The summed E-state index contributed by atoms with van der Waals surface area (Å²) in [6.07, 6.45) is 3.70. The lowest BCUT2D eigenvalue weighted by Crippen LogP contribution is -2.35. The second kappa shape index (κ2) is 3.73. The largest absolute Gasteiger partial charge is 0.336 e. The molecule has 2 aromatic rings. The van der Waals surface area contributed by atoms with Gasteiger partial charge in [-0.15, -0.1) is 0 Å². The molecule has 1 atom stereocenters. The highest BCUT2D eigenvalue weighted by molar-refractivity contribution is 5.77. The average Bonchev–Trinajstić information content (AvgIpc) is 2.64. The predicted molar refractivity (Wildman–Crippen MR) is 68.5 cm³/mol. The third kappa shape index (κ3) is 1.45. The molecule has 86 valence electrons. The summed E-state index contributed by atoms with van der Waals surface area (Å²) in [5, 5.41) is 0. The lowest BCUT2D eigenvalue weighted by Gasteiger charge is -2.26. The number of rotatable bonds is 1. The van der Waals surface area contributed by atoms with E-state index in [9.17, 15) is 0 Å². The number of fused-ring (bicyclic) bond motifs is 1. The molecule has 1 unspecified atom stereocenters. The summed E-state index contributed by atoms with van der Waals surface area (Å²) in [5.74, 6) is 1.86. The van der Waals surface area contributed by atoms with Crippen LogP contribution in [0.1, 0.15) is 6.92 Å². The third-order valence-electron chi connectivity index (χ3n) is 3.19. The van der Waals surface area contributed by atoms with Gasteiger partial charge in [-0.2, -0.15) is 0 Å². The van der Waals surface area contributed by atoms with E-state index in [-0.39, 0.29) is 6.17 Å². The normalized spacial score (nSPS) is 18.4. The van der Waals surface area contributed by atoms with E-state index in [4.69, 9.17) is 0 Å². The van der Waals surface area contributed by atoms with Crippen molar-refractivity contribution in [2.75, 3.05) is 16.8 Å². The first kappa shape index (κ1) is 10.1. The fourth-order valence-electron chi connectivity index (χ4n) is 2.20. The lowest BCUT2D eigenvalue weighted by molar-refractivity contribution is 0.727. The zero-order chi connectivity index (χ0) is 11.8. The zero-order valence-electron chi connectivity index (χ0n) is 9.91. The van der Waals surface area contributed by atoms with Gasteiger partial charge in [0.1, 0.15) is 6.17 Å². The summed E-state index contributed by atoms with van der Waals surface area (Å²) in [6, 6.07) is 10.3. The maximum absolute atomic E-state index is 4.44. The first-order valence-electron chi connectivity index (χ1n) is 5.67. The summed E-state index contributed by atoms with van der Waals surface area (Å²) in [6.45, 7) is 2.15. The van der Waals surface area contributed by atoms with Gasteiger partial charge in [-0.1, -0.05) is 18.2 Å². The molecular formula is C13H14N4. The van der Waals surface area contributed by atoms with E-state index < -0.39 is 0 Å². The van der Waals surface area contributed by atoms with Crippen LogP contribution in [0.4, 0.5) is 17.3 Å². The van der Waals surface area contributed by atoms with Crippen LogP contribution in [0.25, 0.3) is 0 Å². The van der Waals surface area contributed by atoms with Crippen molar-refractivity contribution < 1.29 is 0 Å². The van der Waals surface area contributed by atoms with E-state index in [2.05, 4.69) is 38.8 Å². The molecule has 0 aliphatic carbocycles. The Balaban J connectivity index is 2.13. The fourth-order valence-corrected chi connectivity index (χ4v) is 2.20. The van der Waals surface area contributed by atoms with Crippen LogP contribution in [0.2, 0.25) is 0 Å². The smallest absolute Gasteiger partial charge is 0.178 e. The van der Waals surface area contributed by atoms with Gasteiger partial charge in [0.2, 0.25) is 0 Å². The Morgan fingerprint density at radius 3 is 2.35 bits per heavy atom. The van der Waals surface area contributed by atoms with E-state index in [1.165, 1.54) is 0 Å². The van der Waals surface area contributed by atoms with Crippen LogP contribution in [-0.2, 0) is 0 Å². The van der Waals surface area contributed by atoms with Crippen molar-refractivity contribution >= 4 is 17.3 Å². The van der Waals surface area contributed by atoms with E-state index >= 15 is 0 Å². The molecule has 0 fully saturated rings. The molecule has 1 aromatic carbocycles. The number of hydrogen-bond acceptors (Lipinski definition) is 4. The zero-order valence-corrected chi connectivity index (χ0v) is 9.91. The van der Waals surface area contributed by atoms with Crippen LogP contribution in [0, 0.1) is 0 Å². The molecule has 0 saturated carbocycles. The van der Waals surface area contributed by atoms with Crippen molar-refractivity contribution in [1.82, 2.24) is 9.97 Å². The quantitative estimate of drug-likeness (QED) is 0.747. The van der Waals surface area contributed by atoms with Crippen LogP contribution >= 0.6 is 0 Å². The minimum absolute atomic E-state index is 0.231. The Morgan fingerprint density at radius 1 is 1.00 bits per heavy atom. The highest BCUT2D eigenvalue weighted by Gasteiger charge is 2.33. The van der Waals surface area contributed by atoms with Crippen LogP contribution in [0.15, 0.2) is 42.7 Å². The van der Waals surface area contributed by atoms with Crippen LogP contribution in [-0.4, -0.2) is 23.2 Å². The Bertz CT molecular complexity index is 526. The molecule has 1 aromatic heterocycles. The second-order valence-corrected chi connectivity index (χ2v) is 4.15. The van der Waals surface area contributed by atoms with E-state index in [1.54, 1.807) is 12.4 Å². The average molecular weight is 226 g/mol. The van der Waals surface area contributed by atoms with Gasteiger partial charge < -0.3 is 9.80 Å².